The topological polar surface area (TPSA) is 101 Å². The van der Waals surface area contributed by atoms with Crippen molar-refractivity contribution >= 4 is 23.0 Å². The van der Waals surface area contributed by atoms with Crippen molar-refractivity contribution in [2.75, 3.05) is 58.7 Å². The van der Waals surface area contributed by atoms with Gasteiger partial charge in [-0.15, -0.1) is 0 Å². The minimum absolute atomic E-state index is 0.0232. The van der Waals surface area contributed by atoms with Crippen LogP contribution in [0.25, 0.3) is 0 Å². The van der Waals surface area contributed by atoms with Crippen LogP contribution in [-0.2, 0) is 25.1 Å². The van der Waals surface area contributed by atoms with E-state index in [2.05, 4.69) is 5.32 Å². The van der Waals surface area contributed by atoms with Crippen LogP contribution in [0.3, 0.4) is 0 Å². The van der Waals surface area contributed by atoms with Crippen molar-refractivity contribution < 1.29 is 41.8 Å². The minimum Gasteiger partial charge on any atom is -0.456 e. The molecule has 0 aliphatic carbocycles. The van der Waals surface area contributed by atoms with Crippen molar-refractivity contribution in [3.05, 3.63) is 57.1 Å². The van der Waals surface area contributed by atoms with Gasteiger partial charge in [-0.2, -0.15) is 13.2 Å². The summed E-state index contributed by atoms with van der Waals surface area (Å²) >= 11 is 5.93. The number of alkyl halides is 3. The number of nitro benzene ring substituents is 1. The van der Waals surface area contributed by atoms with Crippen molar-refractivity contribution in [3.63, 3.8) is 0 Å². The van der Waals surface area contributed by atoms with Gasteiger partial charge in [0.2, 0.25) is 0 Å². The monoisotopic (exact) mass is 536 g/mol. The maximum absolute atomic E-state index is 12.8. The molecule has 13 heteroatoms. The Bertz CT molecular complexity index is 979. The van der Waals surface area contributed by atoms with Gasteiger partial charge in [0.1, 0.15) is 17.2 Å². The quantitative estimate of drug-likeness (QED) is 0.169. The van der Waals surface area contributed by atoms with Crippen molar-refractivity contribution in [2.24, 2.45) is 0 Å². The summed E-state index contributed by atoms with van der Waals surface area (Å²) in [6, 6.07) is 6.29. The summed E-state index contributed by atoms with van der Waals surface area (Å²) in [7, 11) is 1.59. The lowest BCUT2D eigenvalue weighted by Crippen LogP contribution is -2.23. The van der Waals surface area contributed by atoms with Gasteiger partial charge < -0.3 is 29.0 Å². The number of methoxy groups -OCH3 is 1. The first-order valence-electron chi connectivity index (χ1n) is 10.9. The molecule has 0 aliphatic rings. The summed E-state index contributed by atoms with van der Waals surface area (Å²) in [6.07, 6.45) is -4.55. The number of nitrogens with one attached hydrogen (secondary N) is 1. The molecule has 0 radical (unpaired) electrons. The number of halogens is 4. The van der Waals surface area contributed by atoms with Gasteiger partial charge in [-0.25, -0.2) is 0 Å². The van der Waals surface area contributed by atoms with E-state index in [-0.39, 0.29) is 40.5 Å². The second kappa shape index (κ2) is 14.8. The molecule has 0 heterocycles. The first-order valence-corrected chi connectivity index (χ1v) is 11.3. The number of nitrogens with zero attached hydrogens (tertiary/aromatic N) is 1. The number of nitro groups is 1. The molecule has 0 fully saturated rings. The van der Waals surface area contributed by atoms with E-state index in [1.807, 2.05) is 0 Å². The van der Waals surface area contributed by atoms with Gasteiger partial charge in [-0.3, -0.25) is 10.1 Å². The third-order valence-electron chi connectivity index (χ3n) is 4.60. The van der Waals surface area contributed by atoms with E-state index in [0.717, 1.165) is 18.2 Å². The summed E-state index contributed by atoms with van der Waals surface area (Å²) in [5.41, 5.74) is -0.967. The Morgan fingerprint density at radius 3 is 2.22 bits per heavy atom. The first-order chi connectivity index (χ1) is 17.1. The van der Waals surface area contributed by atoms with E-state index in [1.165, 1.54) is 18.2 Å². The van der Waals surface area contributed by atoms with Gasteiger partial charge >= 0.3 is 6.18 Å². The second-order valence-electron chi connectivity index (χ2n) is 7.52. The Kier molecular flexibility index (Phi) is 12.2. The van der Waals surface area contributed by atoms with E-state index in [4.69, 9.17) is 35.3 Å². The number of rotatable bonds is 16. The average molecular weight is 537 g/mol. The minimum atomic E-state index is -4.55. The fourth-order valence-corrected chi connectivity index (χ4v) is 3.11. The molecule has 2 aromatic rings. The van der Waals surface area contributed by atoms with Gasteiger partial charge in [-0.1, -0.05) is 11.6 Å². The molecular weight excluding hydrogens is 509 g/mol. The number of hydrogen-bond acceptors (Lipinski definition) is 8. The zero-order chi connectivity index (χ0) is 26.6. The van der Waals surface area contributed by atoms with Crippen LogP contribution in [0.15, 0.2) is 36.4 Å². The zero-order valence-electron chi connectivity index (χ0n) is 19.8. The van der Waals surface area contributed by atoms with Crippen molar-refractivity contribution in [2.45, 2.75) is 19.1 Å². The standard InChI is InChI=1S/C23H28ClF3N2O7/c1-16(15-35-12-11-34-10-9-33-8-7-32-2)28-20-14-18(4-5-21(20)29(30)31)36-22-6-3-17(13-19(22)24)23(25,26)27/h3-6,13-14,16,28H,7-12,15H2,1-2H3. The number of benzene rings is 2. The molecule has 0 saturated carbocycles. The Balaban J connectivity index is 1.89. The number of hydrogen-bond donors (Lipinski definition) is 1. The smallest absolute Gasteiger partial charge is 0.416 e. The molecule has 2 aromatic carbocycles. The van der Waals surface area contributed by atoms with Crippen LogP contribution in [0.4, 0.5) is 24.5 Å². The normalized spacial score (nSPS) is 12.4. The molecule has 1 atom stereocenters. The van der Waals surface area contributed by atoms with Crippen molar-refractivity contribution in [1.29, 1.82) is 0 Å². The Morgan fingerprint density at radius 2 is 1.64 bits per heavy atom. The zero-order valence-corrected chi connectivity index (χ0v) is 20.6. The third kappa shape index (κ3) is 10.2. The lowest BCUT2D eigenvalue weighted by molar-refractivity contribution is -0.384. The van der Waals surface area contributed by atoms with Crippen LogP contribution in [0.2, 0.25) is 5.02 Å². The molecule has 0 amide bonds. The molecule has 36 heavy (non-hydrogen) atoms. The summed E-state index contributed by atoms with van der Waals surface area (Å²) < 4.78 is 65.1. The maximum atomic E-state index is 12.8. The van der Waals surface area contributed by atoms with Gasteiger partial charge in [0.05, 0.1) is 61.8 Å². The van der Waals surface area contributed by atoms with Gasteiger partial charge in [0.25, 0.3) is 5.69 Å². The van der Waals surface area contributed by atoms with Gasteiger partial charge in [0.15, 0.2) is 0 Å². The lowest BCUT2D eigenvalue weighted by atomic mass is 10.2. The predicted molar refractivity (Wildman–Crippen MR) is 127 cm³/mol. The van der Waals surface area contributed by atoms with Crippen molar-refractivity contribution in [3.8, 4) is 11.5 Å². The second-order valence-corrected chi connectivity index (χ2v) is 7.93. The molecule has 200 valence electrons. The SMILES string of the molecule is COCCOCCOCCOCC(C)Nc1cc(Oc2ccc(C(F)(F)F)cc2Cl)ccc1[N+](=O)[O-]. The molecule has 0 aliphatic heterocycles. The van der Waals surface area contributed by atoms with Crippen LogP contribution in [0.5, 0.6) is 11.5 Å². The molecular formula is C23H28ClF3N2O7. The van der Waals surface area contributed by atoms with E-state index < -0.39 is 16.7 Å². The highest BCUT2D eigenvalue weighted by molar-refractivity contribution is 6.32. The van der Waals surface area contributed by atoms with Crippen LogP contribution in [0.1, 0.15) is 12.5 Å². The van der Waals surface area contributed by atoms with E-state index in [1.54, 1.807) is 14.0 Å². The molecule has 2 rings (SSSR count). The first kappa shape index (κ1) is 29.6. The number of ether oxygens (including phenoxy) is 5. The van der Waals surface area contributed by atoms with Crippen LogP contribution >= 0.6 is 11.6 Å². The van der Waals surface area contributed by atoms with Crippen molar-refractivity contribution in [1.82, 2.24) is 0 Å². The summed E-state index contributed by atoms with van der Waals surface area (Å²) in [6.45, 7) is 4.57. The van der Waals surface area contributed by atoms with Crippen LogP contribution < -0.4 is 10.1 Å². The Morgan fingerprint density at radius 1 is 1.00 bits per heavy atom. The van der Waals surface area contributed by atoms with E-state index >= 15 is 0 Å². The average Bonchev–Trinajstić information content (AvgIpc) is 2.81. The molecule has 9 nitrogen and oxygen atoms in total. The Hall–Kier alpha value is -2.64. The highest BCUT2D eigenvalue weighted by Gasteiger charge is 2.31. The highest BCUT2D eigenvalue weighted by atomic mass is 35.5. The molecule has 1 N–H and O–H groups in total. The maximum Gasteiger partial charge on any atom is 0.416 e. The van der Waals surface area contributed by atoms with Gasteiger partial charge in [0, 0.05) is 25.3 Å². The summed E-state index contributed by atoms with van der Waals surface area (Å²) in [4.78, 5) is 10.9. The lowest BCUT2D eigenvalue weighted by Gasteiger charge is -2.17. The predicted octanol–water partition coefficient (Wildman–Crippen LogP) is 5.56. The summed E-state index contributed by atoms with van der Waals surface area (Å²) in [5.74, 6) is 0.129. The third-order valence-corrected chi connectivity index (χ3v) is 4.89. The van der Waals surface area contributed by atoms with Crippen LogP contribution in [-0.4, -0.2) is 64.3 Å². The molecule has 0 aromatic heterocycles. The highest BCUT2D eigenvalue weighted by Crippen LogP contribution is 2.38. The molecule has 0 saturated heterocycles. The van der Waals surface area contributed by atoms with Gasteiger partial charge in [-0.05, 0) is 31.2 Å². The van der Waals surface area contributed by atoms with E-state index in [9.17, 15) is 23.3 Å². The Labute approximate surface area is 211 Å². The fourth-order valence-electron chi connectivity index (χ4n) is 2.89. The molecule has 0 bridgehead atoms. The fraction of sp³-hybridized carbons (Fsp3) is 0.478. The van der Waals surface area contributed by atoms with E-state index in [0.29, 0.717) is 39.6 Å². The largest absolute Gasteiger partial charge is 0.456 e. The number of anilines is 1. The van der Waals surface area contributed by atoms with Crippen LogP contribution in [0, 0.1) is 10.1 Å². The summed E-state index contributed by atoms with van der Waals surface area (Å²) in [5, 5.41) is 14.2. The molecule has 0 spiro atoms. The molecule has 1 unspecified atom stereocenters.